The molecule has 0 saturated carbocycles. The number of carbonyl (C=O) groups is 5. The van der Waals surface area contributed by atoms with Gasteiger partial charge >= 0.3 is 11.7 Å². The highest BCUT2D eigenvalue weighted by Crippen LogP contribution is 2.30. The van der Waals surface area contributed by atoms with Crippen molar-refractivity contribution in [2.75, 3.05) is 13.1 Å². The third-order valence-electron chi connectivity index (χ3n) is 9.78. The van der Waals surface area contributed by atoms with Gasteiger partial charge in [0.05, 0.1) is 6.04 Å². The Morgan fingerprint density at radius 2 is 1.32 bits per heavy atom. The quantitative estimate of drug-likeness (QED) is 0.0510. The average Bonchev–Trinajstić information content (AvgIpc) is 3.45. The Kier molecular flexibility index (Phi) is 22.9. The molecule has 10 N–H and O–H groups in total. The topological polar surface area (TPSA) is 284 Å². The monoisotopic (exact) mass is 795 g/mol. The predicted octanol–water partition coefficient (Wildman–Crippen LogP) is 0.831. The van der Waals surface area contributed by atoms with Crippen LogP contribution in [0.4, 0.5) is 0 Å². The minimum absolute atomic E-state index is 0.0171. The Bertz CT molecular complexity index is 1490. The molecule has 4 amide bonds. The maximum absolute atomic E-state index is 13.6. The number of H-pyrrole nitrogens is 1. The van der Waals surface area contributed by atoms with E-state index in [4.69, 9.17) is 10.5 Å². The molecule has 2 heterocycles. The molecule has 1 aliphatic rings. The van der Waals surface area contributed by atoms with Crippen molar-refractivity contribution in [2.24, 2.45) is 5.73 Å². The number of ether oxygens (including phenoxy) is 1. The number of hydrogen-bond donors (Lipinski definition) is 9. The molecule has 18 heteroatoms. The minimum atomic E-state index is -1.92. The molecule has 1 aromatic heterocycles. The Balaban J connectivity index is 2.01. The molecule has 318 valence electrons. The number of aliphatic hydroxyl groups excluding tert-OH is 2. The fourth-order valence-corrected chi connectivity index (χ4v) is 6.41. The molecule has 2 rings (SSSR count). The number of nitrogens with zero attached hydrogens (tertiary/aromatic N) is 1. The number of aliphatic carboxylic acids is 1. The van der Waals surface area contributed by atoms with E-state index in [0.29, 0.717) is 70.9 Å². The highest BCUT2D eigenvalue weighted by atomic mass is 16.6. The smallest absolute Gasteiger partial charge is 0.330 e. The summed E-state index contributed by atoms with van der Waals surface area (Å²) in [5.74, 6) is -3.17. The summed E-state index contributed by atoms with van der Waals surface area (Å²) in [5.41, 5.74) is 4.48. The van der Waals surface area contributed by atoms with E-state index >= 15 is 0 Å². The minimum Gasteiger partial charge on any atom is -0.480 e. The van der Waals surface area contributed by atoms with Gasteiger partial charge in [0.2, 0.25) is 23.6 Å². The number of nitrogens with two attached hydrogens (primary N) is 1. The van der Waals surface area contributed by atoms with Crippen molar-refractivity contribution >= 4 is 29.6 Å². The number of unbranched alkanes of at least 4 members (excludes halogenated alkanes) is 10. The maximum atomic E-state index is 13.6. The number of aromatic amines is 1. The van der Waals surface area contributed by atoms with Gasteiger partial charge in [-0.15, -0.1) is 0 Å². The van der Waals surface area contributed by atoms with Gasteiger partial charge in [-0.25, -0.2) is 9.59 Å². The molecule has 1 aliphatic heterocycles. The summed E-state index contributed by atoms with van der Waals surface area (Å²) in [5, 5.41) is 42.2. The number of rotatable bonds is 29. The molecule has 56 heavy (non-hydrogen) atoms. The Hall–Kier alpha value is -4.13. The van der Waals surface area contributed by atoms with Crippen molar-refractivity contribution in [1.29, 1.82) is 0 Å². The van der Waals surface area contributed by atoms with E-state index in [-0.39, 0.29) is 18.2 Å². The van der Waals surface area contributed by atoms with Gasteiger partial charge in [0.1, 0.15) is 24.4 Å². The fraction of sp³-hybridized carbons (Fsp3) is 0.763. The van der Waals surface area contributed by atoms with Crippen LogP contribution in [0.25, 0.3) is 0 Å². The van der Waals surface area contributed by atoms with Crippen LogP contribution >= 0.6 is 0 Å². The Labute approximate surface area is 328 Å². The number of carboxylic acids is 1. The van der Waals surface area contributed by atoms with Gasteiger partial charge in [0, 0.05) is 38.2 Å². The third-order valence-corrected chi connectivity index (χ3v) is 9.78. The number of aliphatic hydroxyl groups is 2. The van der Waals surface area contributed by atoms with Crippen LogP contribution in [0.5, 0.6) is 0 Å². The van der Waals surface area contributed by atoms with E-state index < -0.39 is 71.7 Å². The third kappa shape index (κ3) is 17.3. The highest BCUT2D eigenvalue weighted by molar-refractivity contribution is 5.92. The van der Waals surface area contributed by atoms with E-state index in [1.54, 1.807) is 0 Å². The molecular formula is C38H65N7O11. The number of nitrogens with one attached hydrogen (secondary N) is 5. The van der Waals surface area contributed by atoms with Crippen LogP contribution < -0.4 is 38.2 Å². The molecule has 1 aromatic rings. The van der Waals surface area contributed by atoms with Crippen molar-refractivity contribution in [1.82, 2.24) is 30.8 Å². The van der Waals surface area contributed by atoms with Crippen molar-refractivity contribution in [2.45, 2.75) is 172 Å². The van der Waals surface area contributed by atoms with Gasteiger partial charge in [0.25, 0.3) is 5.56 Å². The predicted molar refractivity (Wildman–Crippen MR) is 207 cm³/mol. The number of carbonyl (C=O) groups excluding carboxylic acids is 4. The SMILES string of the molecule is CCCCCCC(=O)NCCCCC[C@H](NC(=O)[C@@H](N)CCCCCNC(=O)CCCCCC)C(=O)N[C@H](C(=O)O)C1OC(n2ccc(=O)[nH]c2=O)C(O)C1O. The van der Waals surface area contributed by atoms with E-state index in [9.17, 15) is 48.9 Å². The summed E-state index contributed by atoms with van der Waals surface area (Å²) in [7, 11) is 0. The Morgan fingerprint density at radius 3 is 1.86 bits per heavy atom. The highest BCUT2D eigenvalue weighted by Gasteiger charge is 2.50. The van der Waals surface area contributed by atoms with Gasteiger partial charge in [-0.2, -0.15) is 0 Å². The second-order valence-electron chi connectivity index (χ2n) is 14.5. The number of aromatic nitrogens is 2. The first-order valence-electron chi connectivity index (χ1n) is 20.3. The lowest BCUT2D eigenvalue weighted by atomic mass is 10.0. The molecular weight excluding hydrogens is 730 g/mol. The van der Waals surface area contributed by atoms with Gasteiger partial charge in [-0.1, -0.05) is 78.1 Å². The first-order chi connectivity index (χ1) is 26.8. The lowest BCUT2D eigenvalue weighted by molar-refractivity contribution is -0.149. The first-order valence-corrected chi connectivity index (χ1v) is 20.3. The lowest BCUT2D eigenvalue weighted by Crippen LogP contribution is -2.58. The molecule has 1 fully saturated rings. The molecule has 0 radical (unpaired) electrons. The van der Waals surface area contributed by atoms with Crippen LogP contribution in [0.1, 0.15) is 136 Å². The second kappa shape index (κ2) is 26.7. The number of carboxylic acid groups (broad SMARTS) is 1. The molecule has 0 aromatic carbocycles. The van der Waals surface area contributed by atoms with E-state index in [1.165, 1.54) is 0 Å². The summed E-state index contributed by atoms with van der Waals surface area (Å²) in [6, 6.07) is -3.16. The van der Waals surface area contributed by atoms with Crippen LogP contribution in [0.15, 0.2) is 21.9 Å². The van der Waals surface area contributed by atoms with Crippen molar-refractivity contribution in [3.05, 3.63) is 33.1 Å². The van der Waals surface area contributed by atoms with Crippen molar-refractivity contribution in [3.8, 4) is 0 Å². The zero-order chi connectivity index (χ0) is 41.5. The van der Waals surface area contributed by atoms with Crippen molar-refractivity contribution < 1.29 is 44.0 Å². The summed E-state index contributed by atoms with van der Waals surface area (Å²) in [4.78, 5) is 89.1. The van der Waals surface area contributed by atoms with E-state index in [2.05, 4.69) is 35.1 Å². The average molecular weight is 796 g/mol. The molecule has 1 saturated heterocycles. The molecule has 7 atom stereocenters. The van der Waals surface area contributed by atoms with Crippen LogP contribution in [0, 0.1) is 0 Å². The van der Waals surface area contributed by atoms with Gasteiger partial charge in [0.15, 0.2) is 12.3 Å². The standard InChI is InChI=1S/C38H65N7O11/c1-3-5-7-13-19-27(46)40-22-15-9-11-17-25(39)34(51)42-26(18-12-10-16-23-41-28(47)20-14-8-6-4-2)35(52)44-30(37(53)54)33-31(49)32(50)36(56-33)45-24-21-29(48)43-38(45)55/h21,24-26,30-33,36,49-50H,3-20,22-23,39H2,1-2H3,(H,40,46)(H,41,47)(H,42,51)(H,44,52)(H,53,54)(H,43,48,55)/t25-,26-,30-,31?,32?,33?,36?/m0/s1. The summed E-state index contributed by atoms with van der Waals surface area (Å²) >= 11 is 0. The number of hydrogen-bond acceptors (Lipinski definition) is 11. The molecule has 0 spiro atoms. The summed E-state index contributed by atoms with van der Waals surface area (Å²) < 4.78 is 6.37. The van der Waals surface area contributed by atoms with Crippen LogP contribution in [-0.4, -0.2) is 104 Å². The summed E-state index contributed by atoms with van der Waals surface area (Å²) in [6.45, 7) is 5.16. The largest absolute Gasteiger partial charge is 0.480 e. The second-order valence-corrected chi connectivity index (χ2v) is 14.5. The molecule has 0 bridgehead atoms. The molecule has 18 nitrogen and oxygen atoms in total. The molecule has 0 aliphatic carbocycles. The van der Waals surface area contributed by atoms with Crippen LogP contribution in [0.3, 0.4) is 0 Å². The lowest BCUT2D eigenvalue weighted by Gasteiger charge is -2.26. The zero-order valence-corrected chi connectivity index (χ0v) is 33.0. The van der Waals surface area contributed by atoms with E-state index in [1.807, 2.05) is 4.98 Å². The normalized spacial score (nSPS) is 19.4. The maximum Gasteiger partial charge on any atom is 0.330 e. The fourth-order valence-electron chi connectivity index (χ4n) is 6.41. The van der Waals surface area contributed by atoms with E-state index in [0.717, 1.165) is 68.2 Å². The zero-order valence-electron chi connectivity index (χ0n) is 33.0. The first kappa shape index (κ1) is 48.0. The van der Waals surface area contributed by atoms with Crippen LogP contribution in [-0.2, 0) is 28.7 Å². The Morgan fingerprint density at radius 1 is 0.768 bits per heavy atom. The van der Waals surface area contributed by atoms with Gasteiger partial charge in [-0.05, 0) is 38.5 Å². The number of amides is 4. The van der Waals surface area contributed by atoms with Crippen molar-refractivity contribution in [3.63, 3.8) is 0 Å². The van der Waals surface area contributed by atoms with Gasteiger partial charge < -0.3 is 47.1 Å². The molecule has 4 unspecified atom stereocenters. The van der Waals surface area contributed by atoms with Crippen LogP contribution in [0.2, 0.25) is 0 Å². The van der Waals surface area contributed by atoms with Gasteiger partial charge in [-0.3, -0.25) is 33.5 Å². The summed E-state index contributed by atoms with van der Waals surface area (Å²) in [6.07, 6.45) is 7.00.